The summed E-state index contributed by atoms with van der Waals surface area (Å²) in [7, 11) is 0. The van der Waals surface area contributed by atoms with E-state index in [4.69, 9.17) is 25.8 Å². The summed E-state index contributed by atoms with van der Waals surface area (Å²) < 4.78 is 19.3. The van der Waals surface area contributed by atoms with Crippen molar-refractivity contribution in [3.63, 3.8) is 0 Å². The third-order valence-corrected chi connectivity index (χ3v) is 1.31. The van der Waals surface area contributed by atoms with Gasteiger partial charge in [-0.2, -0.15) is 0 Å². The minimum atomic E-state index is -0.873. The Kier molecular flexibility index (Phi) is 10.4. The van der Waals surface area contributed by atoms with Crippen molar-refractivity contribution in [2.45, 2.75) is 6.92 Å². The maximum atomic E-state index is 10.1. The summed E-state index contributed by atoms with van der Waals surface area (Å²) in [5.74, 6) is 0. The number of carbonyl (C=O) groups is 1. The van der Waals surface area contributed by atoms with Gasteiger partial charge in [0.15, 0.2) is 6.79 Å². The van der Waals surface area contributed by atoms with Crippen LogP contribution in [-0.2, 0) is 18.9 Å². The average molecular weight is 227 g/mol. The van der Waals surface area contributed by atoms with Crippen LogP contribution in [-0.4, -0.2) is 45.3 Å². The smallest absolute Gasteiger partial charge is 0.405 e. The Hall–Kier alpha value is -0.360. The third-order valence-electron chi connectivity index (χ3n) is 1.20. The molecule has 0 radical (unpaired) electrons. The van der Waals surface area contributed by atoms with Crippen molar-refractivity contribution in [3.8, 4) is 0 Å². The van der Waals surface area contributed by atoms with Gasteiger partial charge in [-0.15, -0.1) is 0 Å². The molecule has 14 heavy (non-hydrogen) atoms. The number of hydrogen-bond acceptors (Lipinski definition) is 5. The molecular formula is C8H15ClO5. The molecule has 84 valence electrons. The van der Waals surface area contributed by atoms with Gasteiger partial charge in [-0.3, -0.25) is 0 Å². The highest BCUT2D eigenvalue weighted by molar-refractivity contribution is 6.61. The Labute approximate surface area is 88.2 Å². The van der Waals surface area contributed by atoms with Gasteiger partial charge < -0.3 is 18.9 Å². The average Bonchev–Trinajstić information content (AvgIpc) is 2.15. The molecule has 0 aromatic carbocycles. The van der Waals surface area contributed by atoms with Crippen molar-refractivity contribution in [2.24, 2.45) is 0 Å². The van der Waals surface area contributed by atoms with Gasteiger partial charge in [0.25, 0.3) is 0 Å². The van der Waals surface area contributed by atoms with Crippen LogP contribution in [0.3, 0.4) is 0 Å². The van der Waals surface area contributed by atoms with Gasteiger partial charge in [-0.1, -0.05) is 0 Å². The summed E-state index contributed by atoms with van der Waals surface area (Å²) in [5, 5.41) is 0. The van der Waals surface area contributed by atoms with E-state index in [1.165, 1.54) is 0 Å². The second kappa shape index (κ2) is 10.7. The van der Waals surface area contributed by atoms with Crippen molar-refractivity contribution in [1.82, 2.24) is 0 Å². The van der Waals surface area contributed by atoms with Crippen molar-refractivity contribution < 1.29 is 23.7 Å². The molecule has 0 aliphatic carbocycles. The lowest BCUT2D eigenvalue weighted by molar-refractivity contribution is -0.0375. The van der Waals surface area contributed by atoms with Crippen LogP contribution in [0.4, 0.5) is 4.79 Å². The summed E-state index contributed by atoms with van der Waals surface area (Å²) in [6.07, 6.45) is 0. The zero-order valence-corrected chi connectivity index (χ0v) is 8.92. The number of hydrogen-bond donors (Lipinski definition) is 0. The van der Waals surface area contributed by atoms with Gasteiger partial charge >= 0.3 is 5.43 Å². The van der Waals surface area contributed by atoms with Crippen LogP contribution in [0.25, 0.3) is 0 Å². The first-order valence-electron chi connectivity index (χ1n) is 4.33. The molecule has 0 heterocycles. The normalized spacial score (nSPS) is 10.1. The van der Waals surface area contributed by atoms with Gasteiger partial charge in [-0.05, 0) is 6.92 Å². The van der Waals surface area contributed by atoms with Crippen LogP contribution in [0.1, 0.15) is 6.92 Å². The van der Waals surface area contributed by atoms with Gasteiger partial charge in [-0.25, -0.2) is 4.79 Å². The van der Waals surface area contributed by atoms with Gasteiger partial charge in [0.05, 0.1) is 26.4 Å². The van der Waals surface area contributed by atoms with E-state index in [1.807, 2.05) is 6.92 Å². The zero-order valence-electron chi connectivity index (χ0n) is 8.16. The molecule has 0 rings (SSSR count). The fraction of sp³-hybridized carbons (Fsp3) is 0.875. The Morgan fingerprint density at radius 2 is 1.64 bits per heavy atom. The highest BCUT2D eigenvalue weighted by Gasteiger charge is 1.94. The molecule has 6 heteroatoms. The van der Waals surface area contributed by atoms with Crippen LogP contribution in [0.5, 0.6) is 0 Å². The SMILES string of the molecule is CCOCCOCCOCOC(=O)Cl. The topological polar surface area (TPSA) is 54.0 Å². The first-order valence-corrected chi connectivity index (χ1v) is 4.70. The highest BCUT2D eigenvalue weighted by atomic mass is 35.5. The molecule has 0 aromatic rings. The van der Waals surface area contributed by atoms with E-state index >= 15 is 0 Å². The molecule has 0 fully saturated rings. The van der Waals surface area contributed by atoms with Crippen molar-refractivity contribution in [3.05, 3.63) is 0 Å². The van der Waals surface area contributed by atoms with Crippen LogP contribution < -0.4 is 0 Å². The van der Waals surface area contributed by atoms with Gasteiger partial charge in [0.2, 0.25) is 0 Å². The third kappa shape index (κ3) is 11.6. The molecule has 0 aliphatic heterocycles. The van der Waals surface area contributed by atoms with E-state index in [1.54, 1.807) is 0 Å². The second-order valence-corrected chi connectivity index (χ2v) is 2.53. The van der Waals surface area contributed by atoms with Crippen LogP contribution in [0.15, 0.2) is 0 Å². The van der Waals surface area contributed by atoms with Crippen molar-refractivity contribution >= 4 is 17.0 Å². The molecule has 0 saturated carbocycles. The maximum absolute atomic E-state index is 10.1. The lowest BCUT2D eigenvalue weighted by Crippen LogP contribution is -2.11. The molecule has 0 bridgehead atoms. The second-order valence-electron chi connectivity index (χ2n) is 2.22. The molecule has 0 aliphatic rings. The minimum Gasteiger partial charge on any atom is -0.426 e. The number of ether oxygens (including phenoxy) is 4. The predicted molar refractivity (Wildman–Crippen MR) is 50.5 cm³/mol. The molecule has 0 amide bonds. The van der Waals surface area contributed by atoms with Crippen molar-refractivity contribution in [1.29, 1.82) is 0 Å². The number of halogens is 1. The summed E-state index contributed by atoms with van der Waals surface area (Å²) in [4.78, 5) is 10.1. The van der Waals surface area contributed by atoms with E-state index in [0.717, 1.165) is 0 Å². The molecule has 0 aromatic heterocycles. The first kappa shape index (κ1) is 13.6. The van der Waals surface area contributed by atoms with Crippen LogP contribution in [0.2, 0.25) is 0 Å². The molecular weight excluding hydrogens is 212 g/mol. The lowest BCUT2D eigenvalue weighted by atomic mass is 10.7. The van der Waals surface area contributed by atoms with E-state index in [-0.39, 0.29) is 6.79 Å². The fourth-order valence-corrected chi connectivity index (χ4v) is 0.674. The quantitative estimate of drug-likeness (QED) is 0.338. The summed E-state index contributed by atoms with van der Waals surface area (Å²) in [6, 6.07) is 0. The zero-order chi connectivity index (χ0) is 10.6. The van der Waals surface area contributed by atoms with E-state index in [9.17, 15) is 4.79 Å². The van der Waals surface area contributed by atoms with Gasteiger partial charge in [0.1, 0.15) is 0 Å². The Bertz CT molecular complexity index is 142. The summed E-state index contributed by atoms with van der Waals surface area (Å²) in [6.45, 7) is 4.37. The minimum absolute atomic E-state index is 0.142. The van der Waals surface area contributed by atoms with Crippen LogP contribution >= 0.6 is 11.6 Å². The Balaban J connectivity index is 2.88. The summed E-state index contributed by atoms with van der Waals surface area (Å²) >= 11 is 4.89. The maximum Gasteiger partial charge on any atom is 0.405 e. The molecule has 0 N–H and O–H groups in total. The monoisotopic (exact) mass is 226 g/mol. The van der Waals surface area contributed by atoms with E-state index < -0.39 is 5.43 Å². The van der Waals surface area contributed by atoms with Crippen LogP contribution in [0, 0.1) is 0 Å². The number of carbonyl (C=O) groups excluding carboxylic acids is 1. The van der Waals surface area contributed by atoms with Gasteiger partial charge in [0, 0.05) is 18.2 Å². The number of rotatable bonds is 9. The molecule has 5 nitrogen and oxygen atoms in total. The molecule has 0 atom stereocenters. The van der Waals surface area contributed by atoms with E-state index in [2.05, 4.69) is 4.74 Å². The Morgan fingerprint density at radius 3 is 2.21 bits per heavy atom. The summed E-state index contributed by atoms with van der Waals surface area (Å²) in [5.41, 5.74) is -0.873. The van der Waals surface area contributed by atoms with Crippen molar-refractivity contribution in [2.75, 3.05) is 39.8 Å². The molecule has 0 unspecified atom stereocenters. The predicted octanol–water partition coefficient (Wildman–Crippen LogP) is 1.39. The standard InChI is InChI=1S/C8H15ClO5/c1-2-11-3-4-12-5-6-13-7-14-8(9)10/h2-7H2,1H3. The largest absolute Gasteiger partial charge is 0.426 e. The highest BCUT2D eigenvalue weighted by Crippen LogP contribution is 1.87. The fourth-order valence-electron chi connectivity index (χ4n) is 0.629. The Morgan fingerprint density at radius 1 is 1.07 bits per heavy atom. The molecule has 0 spiro atoms. The first-order chi connectivity index (χ1) is 6.77. The lowest BCUT2D eigenvalue weighted by Gasteiger charge is -2.05. The van der Waals surface area contributed by atoms with E-state index in [0.29, 0.717) is 33.0 Å². The molecule has 0 saturated heterocycles.